The van der Waals surface area contributed by atoms with Crippen LogP contribution in [0.4, 0.5) is 0 Å². The fraction of sp³-hybridized carbons (Fsp3) is 0.706. The molecular weight excluding hydrogens is 324 g/mol. The largest absolute Gasteiger partial charge is 0.483 e. The lowest BCUT2D eigenvalue weighted by molar-refractivity contribution is -0.136. The summed E-state index contributed by atoms with van der Waals surface area (Å²) in [7, 11) is 0. The quantitative estimate of drug-likeness (QED) is 0.666. The van der Waals surface area contributed by atoms with Crippen LogP contribution in [0, 0.1) is 0 Å². The molecule has 3 rings (SSSR count). The molecule has 140 valence electrons. The van der Waals surface area contributed by atoms with Gasteiger partial charge in [-0.1, -0.05) is 0 Å². The predicted octanol–water partition coefficient (Wildman–Crippen LogP) is 0.492. The van der Waals surface area contributed by atoms with E-state index in [1.54, 1.807) is 6.20 Å². The van der Waals surface area contributed by atoms with Gasteiger partial charge in [-0.05, 0) is 50.8 Å². The minimum absolute atomic E-state index is 0.185. The van der Waals surface area contributed by atoms with Gasteiger partial charge >= 0.3 is 0 Å². The first-order valence-electron chi connectivity index (χ1n) is 8.84. The van der Waals surface area contributed by atoms with Crippen LogP contribution in [0.3, 0.4) is 0 Å². The van der Waals surface area contributed by atoms with Gasteiger partial charge in [-0.2, -0.15) is 5.10 Å². The van der Waals surface area contributed by atoms with Crippen molar-refractivity contribution in [1.82, 2.24) is 20.0 Å². The Morgan fingerprint density at radius 3 is 2.48 bits per heavy atom. The van der Waals surface area contributed by atoms with Crippen LogP contribution in [0.5, 0.6) is 0 Å². The van der Waals surface area contributed by atoms with Gasteiger partial charge in [0, 0.05) is 32.3 Å². The third kappa shape index (κ3) is 6.13. The first-order valence-corrected chi connectivity index (χ1v) is 8.84. The van der Waals surface area contributed by atoms with Crippen LogP contribution in [-0.4, -0.2) is 80.9 Å². The molecule has 1 aromatic rings. The molecule has 0 aliphatic carbocycles. The number of piperidine rings is 1. The normalized spacial score (nSPS) is 20.0. The van der Waals surface area contributed by atoms with E-state index in [0.717, 1.165) is 31.6 Å². The summed E-state index contributed by atoms with van der Waals surface area (Å²) in [6.45, 7) is 4.08. The van der Waals surface area contributed by atoms with E-state index >= 15 is 0 Å². The van der Waals surface area contributed by atoms with Crippen LogP contribution < -0.4 is 0 Å². The SMILES string of the molecule is O=C(CCc1cn[nH]c1)N1CCC(O)(CN2CCCC2)CC1.O=CO. The predicted molar refractivity (Wildman–Crippen MR) is 92.0 cm³/mol. The molecule has 0 aromatic carbocycles. The molecule has 0 saturated carbocycles. The summed E-state index contributed by atoms with van der Waals surface area (Å²) in [4.78, 5) is 24.9. The van der Waals surface area contributed by atoms with Crippen LogP contribution in [-0.2, 0) is 16.0 Å². The summed E-state index contributed by atoms with van der Waals surface area (Å²) in [5.41, 5.74) is 0.460. The lowest BCUT2D eigenvalue weighted by Crippen LogP contribution is -2.51. The summed E-state index contributed by atoms with van der Waals surface area (Å²) in [5.74, 6) is 0.185. The second-order valence-electron chi connectivity index (χ2n) is 6.80. The van der Waals surface area contributed by atoms with Crippen LogP contribution in [0.25, 0.3) is 0 Å². The smallest absolute Gasteiger partial charge is 0.290 e. The molecule has 25 heavy (non-hydrogen) atoms. The highest BCUT2D eigenvalue weighted by atomic mass is 16.3. The minimum atomic E-state index is -0.605. The van der Waals surface area contributed by atoms with Crippen LogP contribution in [0.1, 0.15) is 37.7 Å². The Bertz CT molecular complexity index is 521. The highest BCUT2D eigenvalue weighted by Crippen LogP contribution is 2.25. The number of carboxylic acid groups (broad SMARTS) is 1. The van der Waals surface area contributed by atoms with Gasteiger partial charge < -0.3 is 20.0 Å². The Kier molecular flexibility index (Phi) is 7.39. The molecule has 1 aromatic heterocycles. The molecule has 0 atom stereocenters. The highest BCUT2D eigenvalue weighted by molar-refractivity contribution is 5.76. The van der Waals surface area contributed by atoms with Crippen molar-refractivity contribution >= 4 is 12.4 Å². The monoisotopic (exact) mass is 352 g/mol. The summed E-state index contributed by atoms with van der Waals surface area (Å²) in [5, 5.41) is 24.3. The Morgan fingerprint density at radius 2 is 1.92 bits per heavy atom. The summed E-state index contributed by atoms with van der Waals surface area (Å²) in [6.07, 6.45) is 8.72. The number of amides is 1. The van der Waals surface area contributed by atoms with Crippen molar-refractivity contribution in [3.8, 4) is 0 Å². The molecule has 0 spiro atoms. The van der Waals surface area contributed by atoms with Crippen LogP contribution in [0.2, 0.25) is 0 Å². The van der Waals surface area contributed by atoms with E-state index in [2.05, 4.69) is 15.1 Å². The van der Waals surface area contributed by atoms with Gasteiger partial charge in [0.1, 0.15) is 0 Å². The maximum Gasteiger partial charge on any atom is 0.290 e. The molecule has 3 heterocycles. The van der Waals surface area contributed by atoms with E-state index in [9.17, 15) is 9.90 Å². The molecule has 1 amide bonds. The van der Waals surface area contributed by atoms with E-state index in [4.69, 9.17) is 9.90 Å². The second kappa shape index (κ2) is 9.53. The lowest BCUT2D eigenvalue weighted by Gasteiger charge is -2.40. The Labute approximate surface area is 147 Å². The molecule has 8 nitrogen and oxygen atoms in total. The van der Waals surface area contributed by atoms with Gasteiger partial charge in [0.15, 0.2) is 0 Å². The lowest BCUT2D eigenvalue weighted by atomic mass is 9.90. The average Bonchev–Trinajstić information content (AvgIpc) is 3.27. The van der Waals surface area contributed by atoms with Crippen molar-refractivity contribution in [2.45, 2.75) is 44.1 Å². The van der Waals surface area contributed by atoms with Crippen molar-refractivity contribution < 1.29 is 19.8 Å². The third-order valence-corrected chi connectivity index (χ3v) is 4.95. The number of β-amino-alcohol motifs (C(OH)–C–C–N with tert-alkyl or cyclic N) is 1. The molecule has 2 fully saturated rings. The van der Waals surface area contributed by atoms with Gasteiger partial charge in [0.25, 0.3) is 6.47 Å². The van der Waals surface area contributed by atoms with E-state index in [-0.39, 0.29) is 12.4 Å². The number of carbonyl (C=O) groups excluding carboxylic acids is 1. The second-order valence-corrected chi connectivity index (χ2v) is 6.80. The van der Waals surface area contributed by atoms with Gasteiger partial charge in [-0.25, -0.2) is 0 Å². The number of aliphatic hydroxyl groups is 1. The van der Waals surface area contributed by atoms with Crippen molar-refractivity contribution in [2.24, 2.45) is 0 Å². The van der Waals surface area contributed by atoms with Gasteiger partial charge in [-0.15, -0.1) is 0 Å². The number of aromatic nitrogens is 2. The van der Waals surface area contributed by atoms with E-state index in [1.807, 2.05) is 11.1 Å². The number of carbonyl (C=O) groups is 2. The third-order valence-electron chi connectivity index (χ3n) is 4.95. The Morgan fingerprint density at radius 1 is 1.28 bits per heavy atom. The maximum absolute atomic E-state index is 12.3. The molecule has 0 bridgehead atoms. The Balaban J connectivity index is 0.000000701. The number of H-pyrrole nitrogens is 1. The molecule has 2 saturated heterocycles. The van der Waals surface area contributed by atoms with E-state index < -0.39 is 5.60 Å². The zero-order valence-electron chi connectivity index (χ0n) is 14.6. The number of hydrogen-bond donors (Lipinski definition) is 3. The molecule has 2 aliphatic heterocycles. The molecule has 3 N–H and O–H groups in total. The topological polar surface area (TPSA) is 110 Å². The molecule has 2 aliphatic rings. The number of nitrogens with zero attached hydrogens (tertiary/aromatic N) is 3. The number of aromatic amines is 1. The van der Waals surface area contributed by atoms with Crippen molar-refractivity contribution in [3.05, 3.63) is 18.0 Å². The highest BCUT2D eigenvalue weighted by Gasteiger charge is 2.35. The average molecular weight is 352 g/mol. The number of hydrogen-bond acceptors (Lipinski definition) is 5. The number of likely N-dealkylation sites (tertiary alicyclic amines) is 2. The van der Waals surface area contributed by atoms with Crippen molar-refractivity contribution in [1.29, 1.82) is 0 Å². The van der Waals surface area contributed by atoms with Gasteiger partial charge in [0.05, 0.1) is 11.8 Å². The van der Waals surface area contributed by atoms with Crippen molar-refractivity contribution in [3.63, 3.8) is 0 Å². The number of rotatable bonds is 5. The summed E-state index contributed by atoms with van der Waals surface area (Å²) in [6, 6.07) is 0. The van der Waals surface area contributed by atoms with Gasteiger partial charge in [-0.3, -0.25) is 14.7 Å². The molecule has 0 unspecified atom stereocenters. The van der Waals surface area contributed by atoms with E-state index in [0.29, 0.717) is 32.4 Å². The standard InChI is InChI=1S/C16H26N4O2.CH2O2/c21-15(4-3-14-11-17-18-12-14)20-9-5-16(22,6-10-20)13-19-7-1-2-8-19;2-1-3/h11-12,22H,1-10,13H2,(H,17,18);1H,(H,2,3). The number of aryl methyl sites for hydroxylation is 1. The summed E-state index contributed by atoms with van der Waals surface area (Å²) >= 11 is 0. The zero-order chi connectivity index (χ0) is 18.1. The van der Waals surface area contributed by atoms with Crippen LogP contribution >= 0.6 is 0 Å². The minimum Gasteiger partial charge on any atom is -0.483 e. The molecule has 0 radical (unpaired) electrons. The number of nitrogens with one attached hydrogen (secondary N) is 1. The maximum atomic E-state index is 12.3. The first kappa shape index (κ1) is 19.4. The van der Waals surface area contributed by atoms with Crippen LogP contribution in [0.15, 0.2) is 12.4 Å². The fourth-order valence-corrected chi connectivity index (χ4v) is 3.51. The Hall–Kier alpha value is -1.93. The zero-order valence-corrected chi connectivity index (χ0v) is 14.6. The summed E-state index contributed by atoms with van der Waals surface area (Å²) < 4.78 is 0. The molecule has 8 heteroatoms. The van der Waals surface area contributed by atoms with E-state index in [1.165, 1.54) is 12.8 Å². The molecular formula is C17H28N4O4. The van der Waals surface area contributed by atoms with Gasteiger partial charge in [0.2, 0.25) is 5.91 Å². The van der Waals surface area contributed by atoms with Crippen molar-refractivity contribution in [2.75, 3.05) is 32.7 Å². The fourth-order valence-electron chi connectivity index (χ4n) is 3.51. The first-order chi connectivity index (χ1) is 12.1.